The number of nitrogens with one attached hydrogen (secondary N) is 2. The van der Waals surface area contributed by atoms with Crippen molar-refractivity contribution in [1.82, 2.24) is 15.5 Å². The average Bonchev–Trinajstić information content (AvgIpc) is 2.35. The zero-order chi connectivity index (χ0) is 13.4. The van der Waals surface area contributed by atoms with Gasteiger partial charge in [0.25, 0.3) is 0 Å². The highest BCUT2D eigenvalue weighted by Gasteiger charge is 2.39. The van der Waals surface area contributed by atoms with Gasteiger partial charge in [-0.25, -0.2) is 0 Å². The first-order chi connectivity index (χ1) is 8.60. The second-order valence-electron chi connectivity index (χ2n) is 5.38. The minimum Gasteiger partial charge on any atom is -0.384 e. The van der Waals surface area contributed by atoms with Gasteiger partial charge >= 0.3 is 0 Å². The predicted octanol–water partition coefficient (Wildman–Crippen LogP) is 0.0705. The standard InChI is InChI=1S/C13H27N3O2/c1-16(2)10-4-7-15-12(17)13(11-18-3)5-8-14-9-6-13/h14H,4-11H2,1-3H3,(H,15,17). The molecule has 0 aromatic carbocycles. The van der Waals surface area contributed by atoms with Crippen molar-refractivity contribution in [2.24, 2.45) is 5.41 Å². The van der Waals surface area contributed by atoms with Gasteiger partial charge in [0.05, 0.1) is 12.0 Å². The lowest BCUT2D eigenvalue weighted by molar-refractivity contribution is -0.136. The molecule has 0 aliphatic carbocycles. The van der Waals surface area contributed by atoms with Crippen molar-refractivity contribution >= 4 is 5.91 Å². The molecule has 1 aliphatic heterocycles. The van der Waals surface area contributed by atoms with E-state index in [0.29, 0.717) is 6.61 Å². The SMILES string of the molecule is COCC1(C(=O)NCCCN(C)C)CCNCC1. The molecule has 106 valence electrons. The fraction of sp³-hybridized carbons (Fsp3) is 0.923. The highest BCUT2D eigenvalue weighted by molar-refractivity contribution is 5.82. The lowest BCUT2D eigenvalue weighted by Crippen LogP contribution is -2.50. The molecule has 0 atom stereocenters. The van der Waals surface area contributed by atoms with Crippen LogP contribution in [0.1, 0.15) is 19.3 Å². The topological polar surface area (TPSA) is 53.6 Å². The van der Waals surface area contributed by atoms with Gasteiger partial charge < -0.3 is 20.3 Å². The summed E-state index contributed by atoms with van der Waals surface area (Å²) in [6.45, 7) is 4.06. The lowest BCUT2D eigenvalue weighted by atomic mass is 9.78. The molecule has 1 saturated heterocycles. The smallest absolute Gasteiger partial charge is 0.228 e. The summed E-state index contributed by atoms with van der Waals surface area (Å²) >= 11 is 0. The molecule has 0 spiro atoms. The molecule has 0 radical (unpaired) electrons. The zero-order valence-electron chi connectivity index (χ0n) is 11.9. The second kappa shape index (κ2) is 7.71. The molecule has 5 heteroatoms. The van der Waals surface area contributed by atoms with E-state index in [0.717, 1.165) is 45.4 Å². The van der Waals surface area contributed by atoms with Gasteiger partial charge in [0, 0.05) is 13.7 Å². The Hall–Kier alpha value is -0.650. The molecule has 0 aromatic rings. The summed E-state index contributed by atoms with van der Waals surface area (Å²) < 4.78 is 5.25. The van der Waals surface area contributed by atoms with E-state index < -0.39 is 0 Å². The monoisotopic (exact) mass is 257 g/mol. The summed E-state index contributed by atoms with van der Waals surface area (Å²) in [7, 11) is 5.76. The minimum absolute atomic E-state index is 0.157. The Bertz CT molecular complexity index is 245. The van der Waals surface area contributed by atoms with Gasteiger partial charge in [0.1, 0.15) is 0 Å². The van der Waals surface area contributed by atoms with Crippen molar-refractivity contribution < 1.29 is 9.53 Å². The van der Waals surface area contributed by atoms with E-state index in [9.17, 15) is 4.79 Å². The van der Waals surface area contributed by atoms with Gasteiger partial charge in [-0.05, 0) is 53.0 Å². The highest BCUT2D eigenvalue weighted by Crippen LogP contribution is 2.29. The molecule has 1 heterocycles. The quantitative estimate of drug-likeness (QED) is 0.634. The Balaban J connectivity index is 2.39. The van der Waals surface area contributed by atoms with Crippen LogP contribution in [0.2, 0.25) is 0 Å². The van der Waals surface area contributed by atoms with E-state index in [4.69, 9.17) is 4.74 Å². The molecule has 0 aromatic heterocycles. The van der Waals surface area contributed by atoms with Crippen LogP contribution in [0.5, 0.6) is 0 Å². The first-order valence-corrected chi connectivity index (χ1v) is 6.73. The number of rotatable bonds is 7. The van der Waals surface area contributed by atoms with Crippen molar-refractivity contribution in [3.63, 3.8) is 0 Å². The lowest BCUT2D eigenvalue weighted by Gasteiger charge is -2.35. The third-order valence-corrected chi connectivity index (χ3v) is 3.53. The number of nitrogens with zero attached hydrogens (tertiary/aromatic N) is 1. The summed E-state index contributed by atoms with van der Waals surface area (Å²) in [5.41, 5.74) is -0.321. The van der Waals surface area contributed by atoms with Crippen LogP contribution in [0.15, 0.2) is 0 Å². The Morgan fingerprint density at radius 3 is 2.61 bits per heavy atom. The molecular formula is C13H27N3O2. The second-order valence-corrected chi connectivity index (χ2v) is 5.38. The van der Waals surface area contributed by atoms with E-state index in [1.807, 2.05) is 14.1 Å². The molecule has 18 heavy (non-hydrogen) atoms. The van der Waals surface area contributed by atoms with Crippen LogP contribution in [-0.4, -0.2) is 64.8 Å². The summed E-state index contributed by atoms with van der Waals surface area (Å²) in [5.74, 6) is 0.157. The molecular weight excluding hydrogens is 230 g/mol. The third-order valence-electron chi connectivity index (χ3n) is 3.53. The first kappa shape index (κ1) is 15.4. The fourth-order valence-corrected chi connectivity index (χ4v) is 2.40. The van der Waals surface area contributed by atoms with Gasteiger partial charge in [0.15, 0.2) is 0 Å². The molecule has 1 aliphatic rings. The van der Waals surface area contributed by atoms with Crippen LogP contribution in [0.3, 0.4) is 0 Å². The zero-order valence-corrected chi connectivity index (χ0v) is 11.9. The maximum Gasteiger partial charge on any atom is 0.228 e. The van der Waals surface area contributed by atoms with Crippen LogP contribution in [0.25, 0.3) is 0 Å². The summed E-state index contributed by atoms with van der Waals surface area (Å²) in [5, 5.41) is 6.35. The number of hydrogen-bond donors (Lipinski definition) is 2. The van der Waals surface area contributed by atoms with E-state index in [1.165, 1.54) is 0 Å². The van der Waals surface area contributed by atoms with E-state index in [2.05, 4.69) is 15.5 Å². The van der Waals surface area contributed by atoms with Crippen molar-refractivity contribution in [3.05, 3.63) is 0 Å². The number of amides is 1. The maximum absolute atomic E-state index is 12.3. The number of hydrogen-bond acceptors (Lipinski definition) is 4. The predicted molar refractivity (Wildman–Crippen MR) is 72.6 cm³/mol. The molecule has 1 rings (SSSR count). The van der Waals surface area contributed by atoms with Crippen LogP contribution >= 0.6 is 0 Å². The Kier molecular flexibility index (Phi) is 6.60. The van der Waals surface area contributed by atoms with Crippen LogP contribution < -0.4 is 10.6 Å². The fourth-order valence-electron chi connectivity index (χ4n) is 2.40. The van der Waals surface area contributed by atoms with Gasteiger partial charge in [-0.1, -0.05) is 0 Å². The Labute approximate surface area is 110 Å². The number of methoxy groups -OCH3 is 1. The number of carbonyl (C=O) groups excluding carboxylic acids is 1. The van der Waals surface area contributed by atoms with E-state index >= 15 is 0 Å². The molecule has 0 unspecified atom stereocenters. The Morgan fingerprint density at radius 2 is 2.06 bits per heavy atom. The molecule has 1 fully saturated rings. The van der Waals surface area contributed by atoms with Crippen LogP contribution in [0.4, 0.5) is 0 Å². The number of piperidine rings is 1. The Morgan fingerprint density at radius 1 is 1.39 bits per heavy atom. The van der Waals surface area contributed by atoms with E-state index in [-0.39, 0.29) is 11.3 Å². The number of ether oxygens (including phenoxy) is 1. The van der Waals surface area contributed by atoms with Gasteiger partial charge in [-0.15, -0.1) is 0 Å². The minimum atomic E-state index is -0.321. The first-order valence-electron chi connectivity index (χ1n) is 6.73. The van der Waals surface area contributed by atoms with Gasteiger partial charge in [-0.3, -0.25) is 4.79 Å². The normalized spacial score (nSPS) is 18.9. The molecule has 2 N–H and O–H groups in total. The average molecular weight is 257 g/mol. The number of carbonyl (C=O) groups is 1. The van der Waals surface area contributed by atoms with Crippen LogP contribution in [0, 0.1) is 5.41 Å². The van der Waals surface area contributed by atoms with Crippen molar-refractivity contribution in [2.75, 3.05) is 54.0 Å². The molecule has 0 saturated carbocycles. The molecule has 0 bridgehead atoms. The highest BCUT2D eigenvalue weighted by atomic mass is 16.5. The van der Waals surface area contributed by atoms with Crippen LogP contribution in [-0.2, 0) is 9.53 Å². The van der Waals surface area contributed by atoms with Gasteiger partial charge in [0.2, 0.25) is 5.91 Å². The van der Waals surface area contributed by atoms with Crippen molar-refractivity contribution in [1.29, 1.82) is 0 Å². The summed E-state index contributed by atoms with van der Waals surface area (Å²) in [6.07, 6.45) is 2.71. The summed E-state index contributed by atoms with van der Waals surface area (Å²) in [6, 6.07) is 0. The van der Waals surface area contributed by atoms with Crippen molar-refractivity contribution in [3.8, 4) is 0 Å². The van der Waals surface area contributed by atoms with Gasteiger partial charge in [-0.2, -0.15) is 0 Å². The molecule has 5 nitrogen and oxygen atoms in total. The largest absolute Gasteiger partial charge is 0.384 e. The third kappa shape index (κ3) is 4.55. The van der Waals surface area contributed by atoms with E-state index in [1.54, 1.807) is 7.11 Å². The summed E-state index contributed by atoms with van der Waals surface area (Å²) in [4.78, 5) is 14.4. The molecule has 1 amide bonds. The maximum atomic E-state index is 12.3. The van der Waals surface area contributed by atoms with Crippen molar-refractivity contribution in [2.45, 2.75) is 19.3 Å².